The van der Waals surface area contributed by atoms with Gasteiger partial charge in [-0.25, -0.2) is 5.43 Å². The van der Waals surface area contributed by atoms with Gasteiger partial charge in [0.15, 0.2) is 0 Å². The van der Waals surface area contributed by atoms with Gasteiger partial charge in [0.05, 0.1) is 0 Å². The van der Waals surface area contributed by atoms with Crippen molar-refractivity contribution in [1.29, 1.82) is 0 Å². The van der Waals surface area contributed by atoms with Crippen LogP contribution >= 0.6 is 0 Å². The molecule has 10 heavy (non-hydrogen) atoms. The molecule has 0 atom stereocenters. The molecule has 0 spiro atoms. The Hall–Kier alpha value is -1.02. The van der Waals surface area contributed by atoms with E-state index < -0.39 is 0 Å². The monoisotopic (exact) mass is 136 g/mol. The Morgan fingerprint density at radius 1 is 1.50 bits per heavy atom. The van der Waals surface area contributed by atoms with Gasteiger partial charge in [0.2, 0.25) is 0 Å². The highest BCUT2D eigenvalue weighted by atomic mass is 15.5. The van der Waals surface area contributed by atoms with Crippen molar-refractivity contribution in [3.8, 4) is 0 Å². The Bertz CT molecular complexity index is 201. The summed E-state index contributed by atoms with van der Waals surface area (Å²) in [4.78, 5) is 0. The lowest BCUT2D eigenvalue weighted by atomic mass is 10.2. The molecule has 1 aliphatic heterocycles. The second-order valence-electron chi connectivity index (χ2n) is 2.29. The molecule has 2 nitrogen and oxygen atoms in total. The summed E-state index contributed by atoms with van der Waals surface area (Å²) in [5, 5.41) is 1.88. The minimum atomic E-state index is 0.966. The normalized spacial score (nSPS) is 17.6. The summed E-state index contributed by atoms with van der Waals surface area (Å²) in [6.45, 7) is 5.88. The Morgan fingerprint density at radius 3 is 2.70 bits per heavy atom. The van der Waals surface area contributed by atoms with E-state index >= 15 is 0 Å². The molecule has 0 bridgehead atoms. The van der Waals surface area contributed by atoms with Crippen LogP contribution in [0.15, 0.2) is 36.2 Å². The first-order valence-corrected chi connectivity index (χ1v) is 3.26. The number of nitrogens with one attached hydrogen (secondary N) is 1. The third-order valence-corrected chi connectivity index (χ3v) is 1.42. The molecule has 2 heteroatoms. The Kier molecular flexibility index (Phi) is 1.92. The number of allylic oxidation sites excluding steroid dienone is 3. The molecule has 0 amide bonds. The maximum absolute atomic E-state index is 3.83. The fourth-order valence-corrected chi connectivity index (χ4v) is 0.846. The summed E-state index contributed by atoms with van der Waals surface area (Å²) in [5.74, 6) is 0. The zero-order chi connectivity index (χ0) is 7.56. The van der Waals surface area contributed by atoms with Gasteiger partial charge in [0.25, 0.3) is 0 Å². The van der Waals surface area contributed by atoms with Crippen LogP contribution in [0.2, 0.25) is 0 Å². The number of rotatable bonds is 1. The zero-order valence-corrected chi connectivity index (χ0v) is 6.39. The predicted octanol–water partition coefficient (Wildman–Crippen LogP) is 1.41. The standard InChI is InChI=1S/C8H12N2/c1-7-4-5-8(2)10(6-7)9-3/h4-6,9H,2H2,1,3H3. The molecular weight excluding hydrogens is 124 g/mol. The van der Waals surface area contributed by atoms with Crippen LogP contribution in [0.1, 0.15) is 6.92 Å². The van der Waals surface area contributed by atoms with Crippen molar-refractivity contribution in [2.75, 3.05) is 7.05 Å². The lowest BCUT2D eigenvalue weighted by molar-refractivity contribution is 0.382. The first kappa shape index (κ1) is 7.09. The maximum atomic E-state index is 3.83. The van der Waals surface area contributed by atoms with E-state index in [-0.39, 0.29) is 0 Å². The van der Waals surface area contributed by atoms with E-state index in [1.807, 2.05) is 37.3 Å². The van der Waals surface area contributed by atoms with E-state index in [0.29, 0.717) is 0 Å². The quantitative estimate of drug-likeness (QED) is 0.586. The first-order chi connectivity index (χ1) is 4.74. The fourth-order valence-electron chi connectivity index (χ4n) is 0.846. The number of hydrogen-bond acceptors (Lipinski definition) is 2. The lowest BCUT2D eigenvalue weighted by Gasteiger charge is -2.22. The molecule has 54 valence electrons. The van der Waals surface area contributed by atoms with Crippen LogP contribution in [-0.2, 0) is 0 Å². The number of nitrogens with zero attached hydrogens (tertiary/aromatic N) is 1. The Labute approximate surface area is 61.5 Å². The summed E-state index contributed by atoms with van der Waals surface area (Å²) < 4.78 is 0. The van der Waals surface area contributed by atoms with E-state index in [4.69, 9.17) is 0 Å². The molecule has 0 unspecified atom stereocenters. The summed E-state index contributed by atoms with van der Waals surface area (Å²) in [6.07, 6.45) is 6.02. The van der Waals surface area contributed by atoms with Gasteiger partial charge in [-0.3, -0.25) is 5.01 Å². The smallest absolute Gasteiger partial charge is 0.0499 e. The Balaban J connectivity index is 2.76. The minimum Gasteiger partial charge on any atom is -0.285 e. The van der Waals surface area contributed by atoms with Crippen LogP contribution in [0.3, 0.4) is 0 Å². The van der Waals surface area contributed by atoms with Crippen LogP contribution in [0.4, 0.5) is 0 Å². The molecule has 1 aliphatic rings. The fraction of sp³-hybridized carbons (Fsp3) is 0.250. The predicted molar refractivity (Wildman–Crippen MR) is 42.9 cm³/mol. The van der Waals surface area contributed by atoms with E-state index in [0.717, 1.165) is 5.70 Å². The molecular formula is C8H12N2. The van der Waals surface area contributed by atoms with E-state index in [2.05, 4.69) is 12.0 Å². The topological polar surface area (TPSA) is 15.3 Å². The van der Waals surface area contributed by atoms with Crippen molar-refractivity contribution in [1.82, 2.24) is 10.4 Å². The van der Waals surface area contributed by atoms with E-state index in [1.165, 1.54) is 5.57 Å². The van der Waals surface area contributed by atoms with Gasteiger partial charge in [0.1, 0.15) is 0 Å². The largest absolute Gasteiger partial charge is 0.285 e. The molecule has 1 rings (SSSR count). The second kappa shape index (κ2) is 2.71. The van der Waals surface area contributed by atoms with Gasteiger partial charge in [-0.05, 0) is 18.6 Å². The van der Waals surface area contributed by atoms with Crippen molar-refractivity contribution in [3.63, 3.8) is 0 Å². The van der Waals surface area contributed by atoms with Crippen molar-refractivity contribution >= 4 is 0 Å². The van der Waals surface area contributed by atoms with Crippen LogP contribution in [-0.4, -0.2) is 12.1 Å². The zero-order valence-electron chi connectivity index (χ0n) is 6.39. The van der Waals surface area contributed by atoms with Crippen molar-refractivity contribution in [2.45, 2.75) is 6.92 Å². The average Bonchev–Trinajstić information content (AvgIpc) is 1.94. The Morgan fingerprint density at radius 2 is 2.20 bits per heavy atom. The summed E-state index contributed by atoms with van der Waals surface area (Å²) in [6, 6.07) is 0. The van der Waals surface area contributed by atoms with Crippen LogP contribution in [0, 0.1) is 0 Å². The van der Waals surface area contributed by atoms with E-state index in [1.54, 1.807) is 0 Å². The van der Waals surface area contributed by atoms with Gasteiger partial charge in [0, 0.05) is 18.9 Å². The molecule has 1 N–H and O–H groups in total. The maximum Gasteiger partial charge on any atom is 0.0499 e. The highest BCUT2D eigenvalue weighted by molar-refractivity contribution is 5.30. The van der Waals surface area contributed by atoms with Crippen molar-refractivity contribution in [3.05, 3.63) is 36.2 Å². The van der Waals surface area contributed by atoms with Gasteiger partial charge >= 0.3 is 0 Å². The summed E-state index contributed by atoms with van der Waals surface area (Å²) in [5.41, 5.74) is 5.18. The van der Waals surface area contributed by atoms with Crippen LogP contribution in [0.25, 0.3) is 0 Å². The molecule has 0 fully saturated rings. The molecule has 0 aromatic rings. The molecule has 0 saturated heterocycles. The van der Waals surface area contributed by atoms with Crippen molar-refractivity contribution in [2.24, 2.45) is 0 Å². The highest BCUT2D eigenvalue weighted by Gasteiger charge is 2.02. The van der Waals surface area contributed by atoms with Gasteiger partial charge < -0.3 is 0 Å². The third kappa shape index (κ3) is 1.28. The summed E-state index contributed by atoms with van der Waals surface area (Å²) >= 11 is 0. The second-order valence-corrected chi connectivity index (χ2v) is 2.29. The number of hydrazine groups is 1. The third-order valence-electron chi connectivity index (χ3n) is 1.42. The molecule has 0 aromatic heterocycles. The first-order valence-electron chi connectivity index (χ1n) is 3.26. The van der Waals surface area contributed by atoms with Gasteiger partial charge in [-0.15, -0.1) is 0 Å². The molecule has 0 aliphatic carbocycles. The summed E-state index contributed by atoms with van der Waals surface area (Å²) in [7, 11) is 1.87. The van der Waals surface area contributed by atoms with Crippen molar-refractivity contribution < 1.29 is 0 Å². The van der Waals surface area contributed by atoms with Crippen LogP contribution < -0.4 is 5.43 Å². The molecule has 0 aromatic carbocycles. The SMILES string of the molecule is C=C1C=CC(C)=CN1NC. The average molecular weight is 136 g/mol. The number of hydrogen-bond donors (Lipinski definition) is 1. The molecule has 1 heterocycles. The molecule has 0 radical (unpaired) electrons. The minimum absolute atomic E-state index is 0.966. The molecule has 0 saturated carbocycles. The van der Waals surface area contributed by atoms with Gasteiger partial charge in [-0.2, -0.15) is 0 Å². The van der Waals surface area contributed by atoms with Crippen LogP contribution in [0.5, 0.6) is 0 Å². The highest BCUT2D eigenvalue weighted by Crippen LogP contribution is 2.11. The lowest BCUT2D eigenvalue weighted by Crippen LogP contribution is -2.29. The van der Waals surface area contributed by atoms with Gasteiger partial charge in [-0.1, -0.05) is 12.7 Å². The van der Waals surface area contributed by atoms with E-state index in [9.17, 15) is 0 Å².